The maximum Gasteiger partial charge on any atom is 0.253 e. The second kappa shape index (κ2) is 8.65. The molecule has 5 nitrogen and oxygen atoms in total. The second-order valence-corrected chi connectivity index (χ2v) is 7.65. The third-order valence-corrected chi connectivity index (χ3v) is 5.19. The van der Waals surface area contributed by atoms with E-state index in [0.717, 1.165) is 28.0 Å². The van der Waals surface area contributed by atoms with E-state index in [0.29, 0.717) is 24.5 Å². The minimum Gasteiger partial charge on any atom is -0.497 e. The van der Waals surface area contributed by atoms with Crippen molar-refractivity contribution in [2.45, 2.75) is 26.3 Å². The second-order valence-electron chi connectivity index (χ2n) is 6.80. The molecule has 0 fully saturated rings. The molecule has 2 aromatic rings. The number of benzene rings is 2. The fourth-order valence-corrected chi connectivity index (χ4v) is 3.46. The predicted molar refractivity (Wildman–Crippen MR) is 108 cm³/mol. The molecule has 0 radical (unpaired) electrons. The van der Waals surface area contributed by atoms with Crippen LogP contribution in [-0.4, -0.2) is 26.2 Å². The number of hydrogen-bond donors (Lipinski definition) is 1. The number of halogens is 1. The quantitative estimate of drug-likeness (QED) is 0.738. The number of methoxy groups -OCH3 is 1. The fraction of sp³-hybridized carbons (Fsp3) is 0.381. The summed E-state index contributed by atoms with van der Waals surface area (Å²) in [4.78, 5) is 12.9. The number of carbonyl (C=O) groups excluding carboxylic acids is 1. The third kappa shape index (κ3) is 4.56. The highest BCUT2D eigenvalue weighted by Crippen LogP contribution is 2.34. The number of ether oxygens (including phenoxy) is 3. The van der Waals surface area contributed by atoms with E-state index in [9.17, 15) is 4.79 Å². The zero-order valence-electron chi connectivity index (χ0n) is 15.8. The first kappa shape index (κ1) is 19.5. The van der Waals surface area contributed by atoms with Gasteiger partial charge < -0.3 is 19.5 Å². The van der Waals surface area contributed by atoms with Crippen LogP contribution in [0, 0.1) is 5.92 Å². The molecule has 27 heavy (non-hydrogen) atoms. The molecule has 0 bridgehead atoms. The van der Waals surface area contributed by atoms with Crippen LogP contribution in [0.2, 0.25) is 0 Å². The van der Waals surface area contributed by atoms with Gasteiger partial charge in [-0.1, -0.05) is 19.9 Å². The highest BCUT2D eigenvalue weighted by molar-refractivity contribution is 9.10. The molecular formula is C21H24BrNO4. The van der Waals surface area contributed by atoms with Crippen molar-refractivity contribution in [3.8, 4) is 17.2 Å². The number of carbonyl (C=O) groups is 1. The summed E-state index contributed by atoms with van der Waals surface area (Å²) in [6, 6.07) is 11.1. The van der Waals surface area contributed by atoms with Gasteiger partial charge in [0, 0.05) is 10.9 Å². The van der Waals surface area contributed by atoms with Gasteiger partial charge in [-0.3, -0.25) is 4.79 Å². The van der Waals surface area contributed by atoms with E-state index < -0.39 is 0 Å². The number of nitrogens with one attached hydrogen (secondary N) is 1. The lowest BCUT2D eigenvalue weighted by Gasteiger charge is -2.24. The first-order valence-corrected chi connectivity index (χ1v) is 9.83. The fourth-order valence-electron chi connectivity index (χ4n) is 3.03. The molecule has 0 saturated carbocycles. The van der Waals surface area contributed by atoms with E-state index in [1.807, 2.05) is 30.3 Å². The van der Waals surface area contributed by atoms with E-state index in [1.54, 1.807) is 13.2 Å². The molecule has 1 heterocycles. The summed E-state index contributed by atoms with van der Waals surface area (Å²) in [7, 11) is 1.58. The van der Waals surface area contributed by atoms with E-state index in [-0.39, 0.29) is 17.9 Å². The average Bonchev–Trinajstić information content (AvgIpc) is 2.90. The molecular weight excluding hydrogens is 410 g/mol. The summed E-state index contributed by atoms with van der Waals surface area (Å²) in [5.74, 6) is 2.16. The lowest BCUT2D eigenvalue weighted by atomic mass is 9.95. The number of fused-ring (bicyclic) bond motifs is 1. The Hall–Kier alpha value is -2.21. The molecule has 2 aromatic carbocycles. The van der Waals surface area contributed by atoms with Crippen LogP contribution in [-0.2, 0) is 0 Å². The van der Waals surface area contributed by atoms with Gasteiger partial charge in [0.1, 0.15) is 5.75 Å². The average molecular weight is 434 g/mol. The van der Waals surface area contributed by atoms with Crippen molar-refractivity contribution in [3.63, 3.8) is 0 Å². The Labute approximate surface area is 168 Å². The third-order valence-electron chi connectivity index (χ3n) is 4.50. The Bertz CT molecular complexity index is 822. The molecule has 1 aliphatic heterocycles. The summed E-state index contributed by atoms with van der Waals surface area (Å²) >= 11 is 3.45. The standard InChI is InChI=1S/C21H24BrNO4/c1-13(2)20(14-5-8-18-19(11-14)27-10-4-9-26-18)23-21(24)16-12-15(25-3)6-7-17(16)22/h5-8,11-13,20H,4,9-10H2,1-3H3,(H,23,24). The summed E-state index contributed by atoms with van der Waals surface area (Å²) in [6.07, 6.45) is 0.859. The molecule has 144 valence electrons. The smallest absolute Gasteiger partial charge is 0.253 e. The van der Waals surface area contributed by atoms with Gasteiger partial charge in [-0.25, -0.2) is 0 Å². The van der Waals surface area contributed by atoms with E-state index in [4.69, 9.17) is 14.2 Å². The van der Waals surface area contributed by atoms with Crippen LogP contribution in [0.15, 0.2) is 40.9 Å². The highest BCUT2D eigenvalue weighted by atomic mass is 79.9. The number of hydrogen-bond acceptors (Lipinski definition) is 4. The van der Waals surface area contributed by atoms with Crippen LogP contribution in [0.5, 0.6) is 17.2 Å². The largest absolute Gasteiger partial charge is 0.497 e. The number of rotatable bonds is 5. The first-order chi connectivity index (χ1) is 13.0. The van der Waals surface area contributed by atoms with Crippen molar-refractivity contribution in [1.82, 2.24) is 5.32 Å². The minimum absolute atomic E-state index is 0.159. The molecule has 1 unspecified atom stereocenters. The summed E-state index contributed by atoms with van der Waals surface area (Å²) in [5, 5.41) is 3.14. The van der Waals surface area contributed by atoms with Crippen molar-refractivity contribution < 1.29 is 19.0 Å². The molecule has 1 atom stereocenters. The molecule has 0 aromatic heterocycles. The minimum atomic E-state index is -0.161. The first-order valence-electron chi connectivity index (χ1n) is 9.03. The molecule has 0 aliphatic carbocycles. The van der Waals surface area contributed by atoms with Gasteiger partial charge in [-0.05, 0) is 57.7 Å². The van der Waals surface area contributed by atoms with Crippen molar-refractivity contribution in [2.24, 2.45) is 5.92 Å². The van der Waals surface area contributed by atoms with E-state index in [2.05, 4.69) is 35.1 Å². The Morgan fingerprint density at radius 1 is 1.11 bits per heavy atom. The van der Waals surface area contributed by atoms with E-state index >= 15 is 0 Å². The Balaban J connectivity index is 1.86. The normalized spacial score (nSPS) is 14.4. The summed E-state index contributed by atoms with van der Waals surface area (Å²) in [5.41, 5.74) is 1.52. The SMILES string of the molecule is COc1ccc(Br)c(C(=O)NC(c2ccc3c(c2)OCCCO3)C(C)C)c1. The molecule has 1 amide bonds. The van der Waals surface area contributed by atoms with Crippen LogP contribution in [0.25, 0.3) is 0 Å². The monoisotopic (exact) mass is 433 g/mol. The Kier molecular flexibility index (Phi) is 6.26. The highest BCUT2D eigenvalue weighted by Gasteiger charge is 2.23. The molecule has 1 aliphatic rings. The van der Waals surface area contributed by atoms with Gasteiger partial charge >= 0.3 is 0 Å². The van der Waals surface area contributed by atoms with E-state index in [1.165, 1.54) is 0 Å². The van der Waals surface area contributed by atoms with Gasteiger partial charge in [0.2, 0.25) is 0 Å². The van der Waals surface area contributed by atoms with Crippen LogP contribution in [0.3, 0.4) is 0 Å². The maximum atomic E-state index is 12.9. The molecule has 6 heteroatoms. The van der Waals surface area contributed by atoms with Gasteiger partial charge in [-0.2, -0.15) is 0 Å². The topological polar surface area (TPSA) is 56.8 Å². The van der Waals surface area contributed by atoms with Crippen LogP contribution < -0.4 is 19.5 Å². The maximum absolute atomic E-state index is 12.9. The Morgan fingerprint density at radius 2 is 1.85 bits per heavy atom. The van der Waals surface area contributed by atoms with Crippen molar-refractivity contribution in [2.75, 3.05) is 20.3 Å². The Morgan fingerprint density at radius 3 is 2.56 bits per heavy atom. The lowest BCUT2D eigenvalue weighted by Crippen LogP contribution is -2.32. The van der Waals surface area contributed by atoms with Crippen molar-refractivity contribution in [3.05, 3.63) is 52.0 Å². The molecule has 3 rings (SSSR count). The van der Waals surface area contributed by atoms with Gasteiger partial charge in [0.25, 0.3) is 5.91 Å². The zero-order valence-corrected chi connectivity index (χ0v) is 17.3. The molecule has 1 N–H and O–H groups in total. The van der Waals surface area contributed by atoms with Crippen molar-refractivity contribution in [1.29, 1.82) is 0 Å². The van der Waals surface area contributed by atoms with Crippen LogP contribution in [0.1, 0.15) is 42.2 Å². The summed E-state index contributed by atoms with van der Waals surface area (Å²) in [6.45, 7) is 5.44. The lowest BCUT2D eigenvalue weighted by molar-refractivity contribution is 0.0924. The van der Waals surface area contributed by atoms with Crippen LogP contribution >= 0.6 is 15.9 Å². The zero-order chi connectivity index (χ0) is 19.4. The van der Waals surface area contributed by atoms with Gasteiger partial charge in [0.15, 0.2) is 11.5 Å². The van der Waals surface area contributed by atoms with Gasteiger partial charge in [0.05, 0.1) is 31.9 Å². The molecule has 0 spiro atoms. The predicted octanol–water partition coefficient (Wildman–Crippen LogP) is 4.75. The van der Waals surface area contributed by atoms with Gasteiger partial charge in [-0.15, -0.1) is 0 Å². The number of amides is 1. The molecule has 0 saturated heterocycles. The van der Waals surface area contributed by atoms with Crippen molar-refractivity contribution >= 4 is 21.8 Å². The van der Waals surface area contributed by atoms with Crippen LogP contribution in [0.4, 0.5) is 0 Å². The summed E-state index contributed by atoms with van der Waals surface area (Å²) < 4.78 is 17.5.